The highest BCUT2D eigenvalue weighted by Crippen LogP contribution is 2.41. The van der Waals surface area contributed by atoms with Crippen LogP contribution in [-0.2, 0) is 6.18 Å². The van der Waals surface area contributed by atoms with E-state index in [1.54, 1.807) is 18.2 Å². The van der Waals surface area contributed by atoms with E-state index in [9.17, 15) is 13.2 Å². The third kappa shape index (κ3) is 2.98. The monoisotopic (exact) mass is 284 g/mol. The lowest BCUT2D eigenvalue weighted by Crippen LogP contribution is -2.13. The van der Waals surface area contributed by atoms with Crippen LogP contribution in [0.25, 0.3) is 0 Å². The van der Waals surface area contributed by atoms with E-state index >= 15 is 0 Å². The molecule has 106 valence electrons. The molecular formula is C13H11F3N2O2. The van der Waals surface area contributed by atoms with Crippen LogP contribution in [0.15, 0.2) is 30.3 Å². The molecule has 0 radical (unpaired) electrons. The number of methoxy groups -OCH3 is 1. The van der Waals surface area contributed by atoms with E-state index in [0.717, 1.165) is 7.11 Å². The molecule has 4 nitrogen and oxygen atoms in total. The molecule has 0 aliphatic carbocycles. The predicted molar refractivity (Wildman–Crippen MR) is 64.8 cm³/mol. The molecule has 0 spiro atoms. The summed E-state index contributed by atoms with van der Waals surface area (Å²) in [6.45, 7) is 1.46. The predicted octanol–water partition coefficient (Wildman–Crippen LogP) is 3.60. The Morgan fingerprint density at radius 3 is 2.15 bits per heavy atom. The average Bonchev–Trinajstić information content (AvgIpc) is 2.37. The van der Waals surface area contributed by atoms with Gasteiger partial charge in [0.25, 0.3) is 0 Å². The molecule has 0 N–H and O–H groups in total. The highest BCUT2D eigenvalue weighted by Gasteiger charge is 2.40. The van der Waals surface area contributed by atoms with Crippen molar-refractivity contribution in [3.05, 3.63) is 41.7 Å². The largest absolute Gasteiger partial charge is 0.480 e. The van der Waals surface area contributed by atoms with Crippen LogP contribution in [0, 0.1) is 6.92 Å². The van der Waals surface area contributed by atoms with Gasteiger partial charge in [-0.15, -0.1) is 0 Å². The Balaban J connectivity index is 2.53. The highest BCUT2D eigenvalue weighted by atomic mass is 19.4. The summed E-state index contributed by atoms with van der Waals surface area (Å²) < 4.78 is 49.2. The lowest BCUT2D eigenvalue weighted by Gasteiger charge is -2.15. The van der Waals surface area contributed by atoms with Crippen LogP contribution in [0.4, 0.5) is 13.2 Å². The summed E-state index contributed by atoms with van der Waals surface area (Å²) in [6, 6.07) is 8.08. The summed E-state index contributed by atoms with van der Waals surface area (Å²) >= 11 is 0. The van der Waals surface area contributed by atoms with Gasteiger partial charge < -0.3 is 9.47 Å². The van der Waals surface area contributed by atoms with Crippen LogP contribution in [0.3, 0.4) is 0 Å². The van der Waals surface area contributed by atoms with E-state index in [1.165, 1.54) is 19.1 Å². The molecule has 0 saturated heterocycles. The first-order valence-electron chi connectivity index (χ1n) is 5.64. The number of nitrogens with zero attached hydrogens (tertiary/aromatic N) is 2. The average molecular weight is 284 g/mol. The number of para-hydroxylation sites is 1. The molecule has 2 aromatic rings. The van der Waals surface area contributed by atoms with Gasteiger partial charge in [0.2, 0.25) is 11.8 Å². The van der Waals surface area contributed by atoms with E-state index in [-0.39, 0.29) is 11.6 Å². The van der Waals surface area contributed by atoms with Crippen LogP contribution < -0.4 is 9.47 Å². The van der Waals surface area contributed by atoms with E-state index in [4.69, 9.17) is 4.74 Å². The number of hydrogen-bond acceptors (Lipinski definition) is 4. The number of rotatable bonds is 3. The topological polar surface area (TPSA) is 44.2 Å². The molecule has 20 heavy (non-hydrogen) atoms. The normalized spacial score (nSPS) is 11.2. The van der Waals surface area contributed by atoms with Gasteiger partial charge in [0.05, 0.1) is 7.11 Å². The first-order chi connectivity index (χ1) is 9.41. The van der Waals surface area contributed by atoms with E-state index in [0.29, 0.717) is 0 Å². The first kappa shape index (κ1) is 14.1. The lowest BCUT2D eigenvalue weighted by atomic mass is 10.3. The second-order valence-corrected chi connectivity index (χ2v) is 3.87. The molecule has 0 saturated carbocycles. The second-order valence-electron chi connectivity index (χ2n) is 3.87. The molecule has 0 bridgehead atoms. The number of halogens is 3. The van der Waals surface area contributed by atoms with Gasteiger partial charge in [-0.2, -0.15) is 23.1 Å². The first-order valence-corrected chi connectivity index (χ1v) is 5.64. The molecule has 0 atom stereocenters. The number of aromatic nitrogens is 2. The minimum Gasteiger partial charge on any atom is -0.480 e. The molecular weight excluding hydrogens is 273 g/mol. The summed E-state index contributed by atoms with van der Waals surface area (Å²) in [7, 11) is 1.11. The van der Waals surface area contributed by atoms with Crippen molar-refractivity contribution in [3.8, 4) is 17.5 Å². The number of hydrogen-bond donors (Lipinski definition) is 0. The molecule has 0 fully saturated rings. The van der Waals surface area contributed by atoms with Crippen molar-refractivity contribution in [3.63, 3.8) is 0 Å². The summed E-state index contributed by atoms with van der Waals surface area (Å²) in [5.74, 6) is -0.761. The minimum absolute atomic E-state index is 0.126. The maximum Gasteiger partial charge on any atom is 0.426 e. The molecule has 0 aliphatic heterocycles. The highest BCUT2D eigenvalue weighted by molar-refractivity contribution is 5.40. The molecule has 1 heterocycles. The maximum atomic E-state index is 13.1. The molecule has 0 amide bonds. The van der Waals surface area contributed by atoms with Gasteiger partial charge in [0.15, 0.2) is 5.56 Å². The van der Waals surface area contributed by atoms with Crippen LogP contribution >= 0.6 is 0 Å². The van der Waals surface area contributed by atoms with Gasteiger partial charge in [0, 0.05) is 0 Å². The smallest absolute Gasteiger partial charge is 0.426 e. The Kier molecular flexibility index (Phi) is 3.78. The van der Waals surface area contributed by atoms with Crippen molar-refractivity contribution in [2.75, 3.05) is 7.11 Å². The molecule has 1 aromatic heterocycles. The van der Waals surface area contributed by atoms with E-state index in [2.05, 4.69) is 14.7 Å². The minimum atomic E-state index is -4.68. The SMILES string of the molecule is COc1nc(C)nc(Oc2ccccc2)c1C(F)(F)F. The zero-order valence-corrected chi connectivity index (χ0v) is 10.7. The Morgan fingerprint density at radius 2 is 1.60 bits per heavy atom. The Hall–Kier alpha value is -2.31. The zero-order valence-electron chi connectivity index (χ0n) is 10.7. The van der Waals surface area contributed by atoms with Crippen molar-refractivity contribution in [1.82, 2.24) is 9.97 Å². The van der Waals surface area contributed by atoms with Gasteiger partial charge in [-0.05, 0) is 19.1 Å². The van der Waals surface area contributed by atoms with Gasteiger partial charge in [-0.1, -0.05) is 18.2 Å². The van der Waals surface area contributed by atoms with Crippen LogP contribution in [0.2, 0.25) is 0 Å². The molecule has 1 aromatic carbocycles. The molecule has 2 rings (SSSR count). The van der Waals surface area contributed by atoms with Crippen molar-refractivity contribution >= 4 is 0 Å². The van der Waals surface area contributed by atoms with Gasteiger partial charge in [-0.25, -0.2) is 0 Å². The quantitative estimate of drug-likeness (QED) is 0.863. The van der Waals surface area contributed by atoms with Crippen molar-refractivity contribution in [2.45, 2.75) is 13.1 Å². The van der Waals surface area contributed by atoms with Crippen molar-refractivity contribution < 1.29 is 22.6 Å². The van der Waals surface area contributed by atoms with Gasteiger partial charge in [-0.3, -0.25) is 0 Å². The Morgan fingerprint density at radius 1 is 1.00 bits per heavy atom. The third-order valence-corrected chi connectivity index (χ3v) is 2.39. The van der Waals surface area contributed by atoms with Crippen LogP contribution in [-0.4, -0.2) is 17.1 Å². The number of ether oxygens (including phenoxy) is 2. The third-order valence-electron chi connectivity index (χ3n) is 2.39. The summed E-state index contributed by atoms with van der Waals surface area (Å²) in [6.07, 6.45) is -4.68. The van der Waals surface area contributed by atoms with Crippen molar-refractivity contribution in [2.24, 2.45) is 0 Å². The summed E-state index contributed by atoms with van der Waals surface area (Å²) in [5, 5.41) is 0. The zero-order chi connectivity index (χ0) is 14.8. The van der Waals surface area contributed by atoms with E-state index in [1.807, 2.05) is 0 Å². The summed E-state index contributed by atoms with van der Waals surface area (Å²) in [5.41, 5.74) is -1.13. The van der Waals surface area contributed by atoms with Gasteiger partial charge in [0.1, 0.15) is 11.6 Å². The maximum absolute atomic E-state index is 13.1. The molecule has 0 aliphatic rings. The summed E-state index contributed by atoms with van der Waals surface area (Å²) in [4.78, 5) is 7.34. The van der Waals surface area contributed by atoms with Crippen molar-refractivity contribution in [1.29, 1.82) is 0 Å². The Labute approximate surface area is 113 Å². The second kappa shape index (κ2) is 5.36. The Bertz CT molecular complexity index is 601. The van der Waals surface area contributed by atoms with Crippen LogP contribution in [0.5, 0.6) is 17.5 Å². The number of alkyl halides is 3. The fourth-order valence-electron chi connectivity index (χ4n) is 1.59. The standard InChI is InChI=1S/C13H11F3N2O2/c1-8-17-11(19-2)10(13(14,15)16)12(18-8)20-9-6-4-3-5-7-9/h3-7H,1-2H3. The number of benzene rings is 1. The van der Waals surface area contributed by atoms with Gasteiger partial charge >= 0.3 is 6.18 Å². The molecule has 7 heteroatoms. The lowest BCUT2D eigenvalue weighted by molar-refractivity contribution is -0.140. The van der Waals surface area contributed by atoms with Crippen LogP contribution in [0.1, 0.15) is 11.4 Å². The van der Waals surface area contributed by atoms with E-state index < -0.39 is 23.5 Å². The molecule has 0 unspecified atom stereocenters. The fraction of sp³-hybridized carbons (Fsp3) is 0.231. The fourth-order valence-corrected chi connectivity index (χ4v) is 1.59. The number of aryl methyl sites for hydroxylation is 1.